The first-order chi connectivity index (χ1) is 9.72. The Morgan fingerprint density at radius 1 is 0.950 bits per heavy atom. The van der Waals surface area contributed by atoms with Crippen LogP contribution in [0, 0.1) is 0 Å². The molecule has 0 aliphatic rings. The summed E-state index contributed by atoms with van der Waals surface area (Å²) in [7, 11) is 0. The molecule has 0 radical (unpaired) electrons. The molecule has 0 heterocycles. The van der Waals surface area contributed by atoms with E-state index in [1.807, 2.05) is 6.08 Å². The Kier molecular flexibility index (Phi) is 3.31. The van der Waals surface area contributed by atoms with E-state index in [-0.39, 0.29) is 0 Å². The van der Waals surface area contributed by atoms with Crippen molar-refractivity contribution in [2.45, 2.75) is 26.2 Å². The normalized spacial score (nSPS) is 12.7. The van der Waals surface area contributed by atoms with E-state index in [1.165, 1.54) is 39.1 Å². The maximum absolute atomic E-state index is 3.84. The Morgan fingerprint density at radius 2 is 1.60 bits per heavy atom. The van der Waals surface area contributed by atoms with Gasteiger partial charge in [0.1, 0.15) is 0 Å². The largest absolute Gasteiger partial charge is 0.0985 e. The van der Waals surface area contributed by atoms with Crippen LogP contribution >= 0.6 is 0 Å². The molecular weight excluding hydrogens is 240 g/mol. The molecule has 0 N–H and O–H groups in total. The van der Waals surface area contributed by atoms with Crippen molar-refractivity contribution in [3.63, 3.8) is 0 Å². The summed E-state index contributed by atoms with van der Waals surface area (Å²) in [6.45, 7) is 8.37. The van der Waals surface area contributed by atoms with Crippen molar-refractivity contribution in [1.29, 1.82) is 0 Å². The molecular formula is C20H20. The lowest BCUT2D eigenvalue weighted by Gasteiger charge is -2.11. The van der Waals surface area contributed by atoms with Gasteiger partial charge in [-0.15, -0.1) is 0 Å². The van der Waals surface area contributed by atoms with Gasteiger partial charge in [0, 0.05) is 0 Å². The first kappa shape index (κ1) is 12.9. The van der Waals surface area contributed by atoms with Crippen LogP contribution in [0.25, 0.3) is 27.6 Å². The van der Waals surface area contributed by atoms with Crippen molar-refractivity contribution in [3.05, 3.63) is 66.2 Å². The third kappa shape index (κ3) is 2.12. The van der Waals surface area contributed by atoms with Crippen LogP contribution in [0.4, 0.5) is 0 Å². The van der Waals surface area contributed by atoms with Gasteiger partial charge < -0.3 is 0 Å². The second-order valence-electron chi connectivity index (χ2n) is 5.54. The van der Waals surface area contributed by atoms with Crippen LogP contribution in [0.15, 0.2) is 55.1 Å². The van der Waals surface area contributed by atoms with Crippen molar-refractivity contribution >= 4 is 27.6 Å². The fourth-order valence-corrected chi connectivity index (χ4v) is 2.78. The Labute approximate surface area is 120 Å². The Bertz CT molecular complexity index is 780. The summed E-state index contributed by atoms with van der Waals surface area (Å²) >= 11 is 0. The summed E-state index contributed by atoms with van der Waals surface area (Å²) in [5.74, 6) is 0.623. The van der Waals surface area contributed by atoms with Crippen molar-refractivity contribution in [3.8, 4) is 0 Å². The highest BCUT2D eigenvalue weighted by Gasteiger charge is 2.06. The number of fused-ring (bicyclic) bond motifs is 3. The van der Waals surface area contributed by atoms with E-state index in [0.29, 0.717) is 5.92 Å². The van der Waals surface area contributed by atoms with E-state index in [2.05, 4.69) is 69.0 Å². The average Bonchev–Trinajstić information content (AvgIpc) is 2.52. The van der Waals surface area contributed by atoms with Gasteiger partial charge in [-0.25, -0.2) is 0 Å². The smallest absolute Gasteiger partial charge is 0.0105 e. The molecule has 3 aromatic carbocycles. The molecule has 0 fully saturated rings. The summed E-state index contributed by atoms with van der Waals surface area (Å²) < 4.78 is 0. The van der Waals surface area contributed by atoms with Gasteiger partial charge in [-0.3, -0.25) is 0 Å². The molecule has 0 aromatic heterocycles. The summed E-state index contributed by atoms with van der Waals surface area (Å²) in [5, 5.41) is 5.28. The molecule has 0 heteroatoms. The van der Waals surface area contributed by atoms with Crippen LogP contribution in [0.5, 0.6) is 0 Å². The van der Waals surface area contributed by atoms with Gasteiger partial charge in [0.25, 0.3) is 0 Å². The lowest BCUT2D eigenvalue weighted by Crippen LogP contribution is -1.91. The predicted molar refractivity (Wildman–Crippen MR) is 90.3 cm³/mol. The van der Waals surface area contributed by atoms with Crippen molar-refractivity contribution in [2.75, 3.05) is 0 Å². The standard InChI is InChI=1S/C20H20/c1-4-14(3)16-9-11-20-18(13-16)8-7-17-12-15(5-2)6-10-19(17)20/h5-14H,2,4H2,1,3H3. The van der Waals surface area contributed by atoms with Gasteiger partial charge in [0.05, 0.1) is 0 Å². The minimum atomic E-state index is 0.623. The molecule has 1 unspecified atom stereocenters. The maximum Gasteiger partial charge on any atom is -0.0105 e. The van der Waals surface area contributed by atoms with E-state index in [0.717, 1.165) is 0 Å². The molecule has 0 amide bonds. The zero-order chi connectivity index (χ0) is 14.1. The van der Waals surface area contributed by atoms with E-state index >= 15 is 0 Å². The zero-order valence-electron chi connectivity index (χ0n) is 12.2. The molecule has 1 atom stereocenters. The fourth-order valence-electron chi connectivity index (χ4n) is 2.78. The molecule has 0 saturated heterocycles. The molecule has 3 aromatic rings. The maximum atomic E-state index is 3.84. The van der Waals surface area contributed by atoms with Crippen molar-refractivity contribution in [2.24, 2.45) is 0 Å². The lowest BCUT2D eigenvalue weighted by molar-refractivity contribution is 0.735. The topological polar surface area (TPSA) is 0 Å². The van der Waals surface area contributed by atoms with Crippen LogP contribution in [0.1, 0.15) is 37.3 Å². The number of hydrogen-bond donors (Lipinski definition) is 0. The van der Waals surface area contributed by atoms with Crippen molar-refractivity contribution in [1.82, 2.24) is 0 Å². The molecule has 3 rings (SSSR count). The Hall–Kier alpha value is -2.08. The SMILES string of the molecule is C=Cc1ccc2c(ccc3cc(C(C)CC)ccc32)c1. The minimum Gasteiger partial charge on any atom is -0.0985 e. The van der Waals surface area contributed by atoms with Gasteiger partial charge in [0.15, 0.2) is 0 Å². The van der Waals surface area contributed by atoms with Crippen LogP contribution in [-0.4, -0.2) is 0 Å². The first-order valence-corrected chi connectivity index (χ1v) is 7.32. The average molecular weight is 260 g/mol. The highest BCUT2D eigenvalue weighted by Crippen LogP contribution is 2.29. The molecule has 0 spiro atoms. The fraction of sp³-hybridized carbons (Fsp3) is 0.200. The van der Waals surface area contributed by atoms with Crippen LogP contribution in [-0.2, 0) is 0 Å². The van der Waals surface area contributed by atoms with E-state index < -0.39 is 0 Å². The van der Waals surface area contributed by atoms with Crippen molar-refractivity contribution < 1.29 is 0 Å². The van der Waals surface area contributed by atoms with Gasteiger partial charge in [-0.1, -0.05) is 69.0 Å². The van der Waals surface area contributed by atoms with Crippen LogP contribution in [0.2, 0.25) is 0 Å². The number of hydrogen-bond acceptors (Lipinski definition) is 0. The highest BCUT2D eigenvalue weighted by atomic mass is 14.1. The monoisotopic (exact) mass is 260 g/mol. The summed E-state index contributed by atoms with van der Waals surface area (Å²) in [5.41, 5.74) is 2.61. The number of benzene rings is 3. The predicted octanol–water partition coefficient (Wildman–Crippen LogP) is 6.15. The third-order valence-electron chi connectivity index (χ3n) is 4.30. The second kappa shape index (κ2) is 5.13. The summed E-state index contributed by atoms with van der Waals surface area (Å²) in [6.07, 6.45) is 3.08. The van der Waals surface area contributed by atoms with Gasteiger partial charge in [-0.2, -0.15) is 0 Å². The molecule has 0 aliphatic heterocycles. The first-order valence-electron chi connectivity index (χ1n) is 7.32. The van der Waals surface area contributed by atoms with Gasteiger partial charge in [-0.05, 0) is 51.1 Å². The van der Waals surface area contributed by atoms with E-state index in [9.17, 15) is 0 Å². The quantitative estimate of drug-likeness (QED) is 0.495. The number of rotatable bonds is 3. The molecule has 0 nitrogen and oxygen atoms in total. The second-order valence-corrected chi connectivity index (χ2v) is 5.54. The summed E-state index contributed by atoms with van der Waals surface area (Å²) in [4.78, 5) is 0. The highest BCUT2D eigenvalue weighted by molar-refractivity contribution is 6.08. The van der Waals surface area contributed by atoms with Crippen LogP contribution in [0.3, 0.4) is 0 Å². The van der Waals surface area contributed by atoms with E-state index in [1.54, 1.807) is 0 Å². The van der Waals surface area contributed by atoms with Gasteiger partial charge in [0.2, 0.25) is 0 Å². The summed E-state index contributed by atoms with van der Waals surface area (Å²) in [6, 6.07) is 17.9. The molecule has 0 aliphatic carbocycles. The van der Waals surface area contributed by atoms with Gasteiger partial charge >= 0.3 is 0 Å². The third-order valence-corrected chi connectivity index (χ3v) is 4.30. The molecule has 20 heavy (non-hydrogen) atoms. The molecule has 100 valence electrons. The minimum absolute atomic E-state index is 0.623. The lowest BCUT2D eigenvalue weighted by atomic mass is 9.93. The molecule has 0 bridgehead atoms. The van der Waals surface area contributed by atoms with E-state index in [4.69, 9.17) is 0 Å². The molecule has 0 saturated carbocycles. The Balaban J connectivity index is 2.24. The zero-order valence-corrected chi connectivity index (χ0v) is 12.2. The van der Waals surface area contributed by atoms with Crippen LogP contribution < -0.4 is 0 Å². The Morgan fingerprint density at radius 3 is 2.25 bits per heavy atom.